The summed E-state index contributed by atoms with van der Waals surface area (Å²) in [7, 11) is 2.04. The first-order chi connectivity index (χ1) is 11.0. The van der Waals surface area contributed by atoms with Crippen LogP contribution in [0.5, 0.6) is 0 Å². The Morgan fingerprint density at radius 3 is 2.13 bits per heavy atom. The molecule has 2 amide bonds. The van der Waals surface area contributed by atoms with Gasteiger partial charge in [0.05, 0.1) is 0 Å². The highest BCUT2D eigenvalue weighted by molar-refractivity contribution is 6.04. The minimum atomic E-state index is -0.218. The third-order valence-corrected chi connectivity index (χ3v) is 4.43. The van der Waals surface area contributed by atoms with Crippen molar-refractivity contribution in [3.05, 3.63) is 29.3 Å². The fourth-order valence-corrected chi connectivity index (χ4v) is 2.89. The van der Waals surface area contributed by atoms with Crippen molar-refractivity contribution < 1.29 is 9.59 Å². The highest BCUT2D eigenvalue weighted by Gasteiger charge is 2.21. The largest absolute Gasteiger partial charge is 0.340 e. The lowest BCUT2D eigenvalue weighted by Crippen LogP contribution is -2.47. The molecule has 126 valence electrons. The van der Waals surface area contributed by atoms with Crippen molar-refractivity contribution in [1.82, 2.24) is 9.80 Å². The van der Waals surface area contributed by atoms with E-state index in [1.54, 1.807) is 4.90 Å². The molecule has 1 heterocycles. The second kappa shape index (κ2) is 8.11. The van der Waals surface area contributed by atoms with E-state index in [1.165, 1.54) is 0 Å². The number of anilines is 1. The van der Waals surface area contributed by atoms with Crippen LogP contribution < -0.4 is 5.32 Å². The second-order valence-corrected chi connectivity index (χ2v) is 6.07. The SMILES string of the molecule is CCc1cccc(CC)c1NC(=O)CC(=O)N1CCN(C)CC1. The van der Waals surface area contributed by atoms with E-state index < -0.39 is 0 Å². The molecule has 1 aromatic rings. The zero-order chi connectivity index (χ0) is 16.8. The Morgan fingerprint density at radius 2 is 1.61 bits per heavy atom. The first-order valence-electron chi connectivity index (χ1n) is 8.42. The molecular weight excluding hydrogens is 290 g/mol. The highest BCUT2D eigenvalue weighted by Crippen LogP contribution is 2.22. The molecule has 0 saturated carbocycles. The van der Waals surface area contributed by atoms with Crippen LogP contribution in [0.25, 0.3) is 0 Å². The molecule has 1 aliphatic heterocycles. The molecule has 0 radical (unpaired) electrons. The van der Waals surface area contributed by atoms with Crippen molar-refractivity contribution in [3.8, 4) is 0 Å². The van der Waals surface area contributed by atoms with Gasteiger partial charge in [0, 0.05) is 31.9 Å². The van der Waals surface area contributed by atoms with Crippen molar-refractivity contribution in [2.24, 2.45) is 0 Å². The number of piperazine rings is 1. The zero-order valence-electron chi connectivity index (χ0n) is 14.4. The van der Waals surface area contributed by atoms with Crippen LogP contribution in [0.3, 0.4) is 0 Å². The number of para-hydroxylation sites is 1. The van der Waals surface area contributed by atoms with E-state index in [0.29, 0.717) is 13.1 Å². The van der Waals surface area contributed by atoms with Crippen LogP contribution >= 0.6 is 0 Å². The van der Waals surface area contributed by atoms with Gasteiger partial charge in [0.25, 0.3) is 0 Å². The summed E-state index contributed by atoms with van der Waals surface area (Å²) in [5, 5.41) is 2.96. The van der Waals surface area contributed by atoms with Gasteiger partial charge in [-0.15, -0.1) is 0 Å². The van der Waals surface area contributed by atoms with Gasteiger partial charge in [0.1, 0.15) is 6.42 Å². The summed E-state index contributed by atoms with van der Waals surface area (Å²) < 4.78 is 0. The summed E-state index contributed by atoms with van der Waals surface area (Å²) in [4.78, 5) is 28.5. The van der Waals surface area contributed by atoms with E-state index >= 15 is 0 Å². The van der Waals surface area contributed by atoms with E-state index in [-0.39, 0.29) is 18.2 Å². The average molecular weight is 317 g/mol. The maximum atomic E-state index is 12.3. The minimum absolute atomic E-state index is 0.0785. The number of carbonyl (C=O) groups excluding carboxylic acids is 2. The molecule has 0 spiro atoms. The third-order valence-electron chi connectivity index (χ3n) is 4.43. The van der Waals surface area contributed by atoms with Crippen molar-refractivity contribution in [3.63, 3.8) is 0 Å². The fourth-order valence-electron chi connectivity index (χ4n) is 2.89. The van der Waals surface area contributed by atoms with Crippen LogP contribution in [0.15, 0.2) is 18.2 Å². The Bertz CT molecular complexity index is 541. The number of amides is 2. The van der Waals surface area contributed by atoms with Crippen LogP contribution in [0.2, 0.25) is 0 Å². The summed E-state index contributed by atoms with van der Waals surface area (Å²) in [6.45, 7) is 7.28. The van der Waals surface area contributed by atoms with Gasteiger partial charge in [-0.1, -0.05) is 32.0 Å². The molecule has 1 aromatic carbocycles. The molecule has 2 rings (SSSR count). The molecule has 0 aromatic heterocycles. The molecule has 0 aliphatic carbocycles. The second-order valence-electron chi connectivity index (χ2n) is 6.07. The van der Waals surface area contributed by atoms with Gasteiger partial charge in [-0.25, -0.2) is 0 Å². The first kappa shape index (κ1) is 17.5. The molecule has 1 aliphatic rings. The van der Waals surface area contributed by atoms with Crippen LogP contribution in [0.1, 0.15) is 31.4 Å². The summed E-state index contributed by atoms with van der Waals surface area (Å²) in [5.41, 5.74) is 3.11. The summed E-state index contributed by atoms with van der Waals surface area (Å²) in [5.74, 6) is -0.299. The molecule has 1 saturated heterocycles. The van der Waals surface area contributed by atoms with E-state index in [4.69, 9.17) is 0 Å². The normalized spacial score (nSPS) is 15.5. The van der Waals surface area contributed by atoms with E-state index in [9.17, 15) is 9.59 Å². The van der Waals surface area contributed by atoms with Gasteiger partial charge in [0.2, 0.25) is 11.8 Å². The average Bonchev–Trinajstić information content (AvgIpc) is 2.55. The minimum Gasteiger partial charge on any atom is -0.340 e. The van der Waals surface area contributed by atoms with E-state index in [2.05, 4.69) is 24.1 Å². The lowest BCUT2D eigenvalue weighted by Gasteiger charge is -2.32. The number of nitrogens with one attached hydrogen (secondary N) is 1. The standard InChI is InChI=1S/C18H27N3O2/c1-4-14-7-6-8-15(5-2)18(14)19-16(22)13-17(23)21-11-9-20(3)10-12-21/h6-8H,4-5,9-13H2,1-3H3,(H,19,22). The lowest BCUT2D eigenvalue weighted by molar-refractivity contribution is -0.135. The Hall–Kier alpha value is -1.88. The Morgan fingerprint density at radius 1 is 1.04 bits per heavy atom. The van der Waals surface area contributed by atoms with Crippen molar-refractivity contribution in [1.29, 1.82) is 0 Å². The number of nitrogens with zero attached hydrogens (tertiary/aromatic N) is 2. The monoisotopic (exact) mass is 317 g/mol. The van der Waals surface area contributed by atoms with Crippen LogP contribution in [-0.4, -0.2) is 54.8 Å². The number of carbonyl (C=O) groups is 2. The van der Waals surface area contributed by atoms with Crippen LogP contribution in [-0.2, 0) is 22.4 Å². The lowest BCUT2D eigenvalue weighted by atomic mass is 10.0. The summed E-state index contributed by atoms with van der Waals surface area (Å²) >= 11 is 0. The number of hydrogen-bond acceptors (Lipinski definition) is 3. The molecule has 23 heavy (non-hydrogen) atoms. The summed E-state index contributed by atoms with van der Waals surface area (Å²) in [6, 6.07) is 6.07. The predicted molar refractivity (Wildman–Crippen MR) is 92.5 cm³/mol. The highest BCUT2D eigenvalue weighted by atomic mass is 16.2. The van der Waals surface area contributed by atoms with Gasteiger partial charge in [-0.3, -0.25) is 9.59 Å². The number of aryl methyl sites for hydroxylation is 2. The Balaban J connectivity index is 1.98. The molecule has 0 atom stereocenters. The molecule has 0 bridgehead atoms. The van der Waals surface area contributed by atoms with Crippen molar-refractivity contribution in [2.75, 3.05) is 38.5 Å². The van der Waals surface area contributed by atoms with Gasteiger partial charge in [0.15, 0.2) is 0 Å². The van der Waals surface area contributed by atoms with Gasteiger partial charge < -0.3 is 15.1 Å². The Kier molecular flexibility index (Phi) is 6.16. The maximum absolute atomic E-state index is 12.3. The van der Waals surface area contributed by atoms with Crippen molar-refractivity contribution in [2.45, 2.75) is 33.1 Å². The molecule has 1 fully saturated rings. The van der Waals surface area contributed by atoms with Crippen LogP contribution in [0, 0.1) is 0 Å². The molecule has 5 nitrogen and oxygen atoms in total. The fraction of sp³-hybridized carbons (Fsp3) is 0.556. The Labute approximate surface area is 138 Å². The molecular formula is C18H27N3O2. The smallest absolute Gasteiger partial charge is 0.233 e. The van der Waals surface area contributed by atoms with E-state index in [1.807, 2.05) is 25.2 Å². The number of hydrogen-bond donors (Lipinski definition) is 1. The third kappa shape index (κ3) is 4.55. The number of rotatable bonds is 5. The van der Waals surface area contributed by atoms with Crippen LogP contribution in [0.4, 0.5) is 5.69 Å². The predicted octanol–water partition coefficient (Wildman–Crippen LogP) is 1.91. The number of likely N-dealkylation sites (N-methyl/N-ethyl adjacent to an activating group) is 1. The quantitative estimate of drug-likeness (QED) is 0.844. The van der Waals surface area contributed by atoms with E-state index in [0.717, 1.165) is 42.7 Å². The first-order valence-corrected chi connectivity index (χ1v) is 8.42. The molecule has 1 N–H and O–H groups in total. The summed E-state index contributed by atoms with van der Waals surface area (Å²) in [6.07, 6.45) is 1.64. The molecule has 0 unspecified atom stereocenters. The molecule has 5 heteroatoms. The van der Waals surface area contributed by atoms with Gasteiger partial charge in [-0.05, 0) is 31.0 Å². The maximum Gasteiger partial charge on any atom is 0.233 e. The topological polar surface area (TPSA) is 52.7 Å². The number of benzene rings is 1. The van der Waals surface area contributed by atoms with Gasteiger partial charge >= 0.3 is 0 Å². The van der Waals surface area contributed by atoms with Gasteiger partial charge in [-0.2, -0.15) is 0 Å². The zero-order valence-corrected chi connectivity index (χ0v) is 14.4. The van der Waals surface area contributed by atoms with Crippen molar-refractivity contribution >= 4 is 17.5 Å².